The Morgan fingerprint density at radius 1 is 2.00 bits per heavy atom. The van der Waals surface area contributed by atoms with Gasteiger partial charge in [-0.2, -0.15) is 0 Å². The van der Waals surface area contributed by atoms with E-state index in [2.05, 4.69) is 11.8 Å². The van der Waals surface area contributed by atoms with E-state index in [1.807, 2.05) is 0 Å². The van der Waals surface area contributed by atoms with Crippen LogP contribution in [0.2, 0.25) is 0 Å². The van der Waals surface area contributed by atoms with Crippen LogP contribution in [0.1, 0.15) is 6.92 Å². The zero-order valence-electron chi connectivity index (χ0n) is 4.42. The average Bonchev–Trinajstić information content (AvgIpc) is 2.43. The maximum absolute atomic E-state index is 9.89. The molecule has 0 amide bonds. The van der Waals surface area contributed by atoms with E-state index in [4.69, 9.17) is 0 Å². The summed E-state index contributed by atoms with van der Waals surface area (Å²) in [4.78, 5) is 12.0. The lowest BCUT2D eigenvalue weighted by atomic mass is 10.5. The molecule has 7 heavy (non-hydrogen) atoms. The van der Waals surface area contributed by atoms with Crippen molar-refractivity contribution in [1.82, 2.24) is 4.90 Å². The van der Waals surface area contributed by atoms with Crippen molar-refractivity contribution in [2.75, 3.05) is 13.1 Å². The minimum absolute atomic E-state index is 0.269. The van der Waals surface area contributed by atoms with Gasteiger partial charge in [-0.1, -0.05) is 6.92 Å². The third kappa shape index (κ3) is 0.800. The molecule has 0 spiro atoms. The number of nitrogens with zero attached hydrogens (tertiary/aromatic N) is 1. The van der Waals surface area contributed by atoms with E-state index < -0.39 is 0 Å². The fourth-order valence-electron chi connectivity index (χ4n) is 0.686. The summed E-state index contributed by atoms with van der Waals surface area (Å²) in [6.07, 6.45) is 1.00. The second-order valence-electron chi connectivity index (χ2n) is 1.79. The zero-order valence-corrected chi connectivity index (χ0v) is 4.42. The maximum Gasteiger partial charge on any atom is 0.138 e. The van der Waals surface area contributed by atoms with Crippen molar-refractivity contribution in [3.8, 4) is 0 Å². The van der Waals surface area contributed by atoms with Gasteiger partial charge in [0.05, 0.1) is 6.04 Å². The second-order valence-corrected chi connectivity index (χ2v) is 1.79. The highest BCUT2D eigenvalue weighted by molar-refractivity contribution is 5.61. The first-order chi connectivity index (χ1) is 3.38. The average molecular weight is 99.1 g/mol. The van der Waals surface area contributed by atoms with Crippen LogP contribution in [0.5, 0.6) is 0 Å². The van der Waals surface area contributed by atoms with Gasteiger partial charge < -0.3 is 4.79 Å². The fourth-order valence-corrected chi connectivity index (χ4v) is 0.686. The van der Waals surface area contributed by atoms with Gasteiger partial charge in [0.1, 0.15) is 6.29 Å². The number of hydrogen-bond acceptors (Lipinski definition) is 2. The molecule has 2 atom stereocenters. The van der Waals surface area contributed by atoms with Crippen molar-refractivity contribution in [3.63, 3.8) is 0 Å². The van der Waals surface area contributed by atoms with Crippen molar-refractivity contribution in [2.45, 2.75) is 13.0 Å². The van der Waals surface area contributed by atoms with Crippen LogP contribution >= 0.6 is 0 Å². The van der Waals surface area contributed by atoms with E-state index in [-0.39, 0.29) is 6.04 Å². The van der Waals surface area contributed by atoms with Gasteiger partial charge in [-0.05, 0) is 6.54 Å². The summed E-state index contributed by atoms with van der Waals surface area (Å²) in [5.41, 5.74) is 0. The van der Waals surface area contributed by atoms with Crippen molar-refractivity contribution < 1.29 is 4.79 Å². The molecule has 1 rings (SSSR count). The quantitative estimate of drug-likeness (QED) is 0.355. The first-order valence-electron chi connectivity index (χ1n) is 2.58. The van der Waals surface area contributed by atoms with Crippen LogP contribution in [0, 0.1) is 0 Å². The van der Waals surface area contributed by atoms with Crippen LogP contribution in [-0.2, 0) is 4.79 Å². The lowest BCUT2D eigenvalue weighted by Crippen LogP contribution is -1.99. The molecule has 0 aromatic heterocycles. The summed E-state index contributed by atoms with van der Waals surface area (Å²) in [5, 5.41) is 0. The topological polar surface area (TPSA) is 20.1 Å². The molecule has 0 radical (unpaired) electrons. The molecule has 2 heteroatoms. The molecule has 1 aliphatic rings. The molecule has 1 fully saturated rings. The number of likely N-dealkylation sites (N-methyl/N-ethyl adjacent to an activating group) is 1. The molecule has 0 N–H and O–H groups in total. The second kappa shape index (κ2) is 1.62. The molecular formula is C5H9NO. The summed E-state index contributed by atoms with van der Waals surface area (Å²) in [6.45, 7) is 4.06. The Labute approximate surface area is 43.1 Å². The number of aldehydes is 1. The predicted octanol–water partition coefficient (Wildman–Crippen LogP) is -0.111. The molecular weight excluding hydrogens is 90.1 g/mol. The first-order valence-corrected chi connectivity index (χ1v) is 2.58. The molecule has 1 aliphatic heterocycles. The van der Waals surface area contributed by atoms with Gasteiger partial charge in [0.2, 0.25) is 0 Å². The standard InChI is InChI=1S/C5H9NO/c1-2-6-3-5(6)4-7/h4-5H,2-3H2,1H3. The van der Waals surface area contributed by atoms with Gasteiger partial charge in [-0.25, -0.2) is 0 Å². The molecule has 40 valence electrons. The van der Waals surface area contributed by atoms with Crippen molar-refractivity contribution in [3.05, 3.63) is 0 Å². The molecule has 1 heterocycles. The van der Waals surface area contributed by atoms with Gasteiger partial charge >= 0.3 is 0 Å². The minimum atomic E-state index is 0.269. The normalized spacial score (nSPS) is 37.9. The predicted molar refractivity (Wildman–Crippen MR) is 27.1 cm³/mol. The summed E-state index contributed by atoms with van der Waals surface area (Å²) >= 11 is 0. The van der Waals surface area contributed by atoms with E-state index in [1.165, 1.54) is 0 Å². The Kier molecular flexibility index (Phi) is 1.11. The number of hydrogen-bond donors (Lipinski definition) is 0. The summed E-state index contributed by atoms with van der Waals surface area (Å²) in [6, 6.07) is 0.269. The molecule has 0 saturated carbocycles. The number of carbonyl (C=O) groups is 1. The molecule has 2 nitrogen and oxygen atoms in total. The monoisotopic (exact) mass is 99.1 g/mol. The number of carbonyl (C=O) groups excluding carboxylic acids is 1. The first kappa shape index (κ1) is 4.78. The SMILES string of the molecule is CCN1CC1C=O. The van der Waals surface area contributed by atoms with Crippen LogP contribution < -0.4 is 0 Å². The lowest BCUT2D eigenvalue weighted by Gasteiger charge is -1.86. The molecule has 0 aromatic rings. The van der Waals surface area contributed by atoms with Gasteiger partial charge in [-0.3, -0.25) is 4.90 Å². The molecule has 2 unspecified atom stereocenters. The highest BCUT2D eigenvalue weighted by Gasteiger charge is 2.30. The van der Waals surface area contributed by atoms with E-state index in [0.29, 0.717) is 0 Å². The Morgan fingerprint density at radius 3 is 2.86 bits per heavy atom. The van der Waals surface area contributed by atoms with Crippen LogP contribution in [-0.4, -0.2) is 30.3 Å². The fraction of sp³-hybridized carbons (Fsp3) is 0.800. The smallest absolute Gasteiger partial charge is 0.138 e. The van der Waals surface area contributed by atoms with E-state index in [9.17, 15) is 4.79 Å². The van der Waals surface area contributed by atoms with E-state index in [1.54, 1.807) is 0 Å². The summed E-state index contributed by atoms with van der Waals surface area (Å²) in [5.74, 6) is 0. The van der Waals surface area contributed by atoms with Crippen LogP contribution in [0.3, 0.4) is 0 Å². The van der Waals surface area contributed by atoms with Gasteiger partial charge in [0, 0.05) is 6.54 Å². The minimum Gasteiger partial charge on any atom is -0.302 e. The summed E-state index contributed by atoms with van der Waals surface area (Å²) in [7, 11) is 0. The Bertz CT molecular complexity index is 82.1. The van der Waals surface area contributed by atoms with Crippen molar-refractivity contribution >= 4 is 6.29 Å². The number of rotatable bonds is 2. The van der Waals surface area contributed by atoms with E-state index >= 15 is 0 Å². The van der Waals surface area contributed by atoms with Gasteiger partial charge in [-0.15, -0.1) is 0 Å². The highest BCUT2D eigenvalue weighted by atomic mass is 16.1. The van der Waals surface area contributed by atoms with Crippen LogP contribution in [0.4, 0.5) is 0 Å². The van der Waals surface area contributed by atoms with E-state index in [0.717, 1.165) is 19.4 Å². The van der Waals surface area contributed by atoms with Gasteiger partial charge in [0.15, 0.2) is 0 Å². The zero-order chi connectivity index (χ0) is 5.28. The molecule has 1 saturated heterocycles. The third-order valence-electron chi connectivity index (χ3n) is 1.32. The third-order valence-corrected chi connectivity index (χ3v) is 1.32. The lowest BCUT2D eigenvalue weighted by molar-refractivity contribution is -0.108. The largest absolute Gasteiger partial charge is 0.302 e. The molecule has 0 aromatic carbocycles. The van der Waals surface area contributed by atoms with Crippen LogP contribution in [0.25, 0.3) is 0 Å². The summed E-state index contributed by atoms with van der Waals surface area (Å²) < 4.78 is 0. The van der Waals surface area contributed by atoms with Gasteiger partial charge in [0.25, 0.3) is 0 Å². The Morgan fingerprint density at radius 2 is 2.71 bits per heavy atom. The highest BCUT2D eigenvalue weighted by Crippen LogP contribution is 2.11. The maximum atomic E-state index is 9.89. The Balaban J connectivity index is 2.17. The van der Waals surface area contributed by atoms with Crippen molar-refractivity contribution in [2.24, 2.45) is 0 Å². The Hall–Kier alpha value is -0.370. The van der Waals surface area contributed by atoms with Crippen molar-refractivity contribution in [1.29, 1.82) is 0 Å². The molecule has 0 bridgehead atoms. The van der Waals surface area contributed by atoms with Crippen LogP contribution in [0.15, 0.2) is 0 Å². The molecule has 0 aliphatic carbocycles.